The average Bonchev–Trinajstić information content (AvgIpc) is 2.97. The van der Waals surface area contributed by atoms with Gasteiger partial charge in [-0.1, -0.05) is 25.3 Å². The number of amides is 1. The van der Waals surface area contributed by atoms with Gasteiger partial charge < -0.3 is 10.4 Å². The fourth-order valence-corrected chi connectivity index (χ4v) is 3.19. The van der Waals surface area contributed by atoms with E-state index in [0.717, 1.165) is 30.6 Å². The van der Waals surface area contributed by atoms with Gasteiger partial charge in [0, 0.05) is 22.9 Å². The topological polar surface area (TPSA) is 49.3 Å². The Morgan fingerprint density at radius 3 is 2.84 bits per heavy atom. The van der Waals surface area contributed by atoms with Gasteiger partial charge in [-0.3, -0.25) is 4.79 Å². The number of hydrogen-bond acceptors (Lipinski definition) is 3. The first-order chi connectivity index (χ1) is 9.24. The normalized spacial score (nSPS) is 18.6. The minimum atomic E-state index is -0.0926. The zero-order valence-electron chi connectivity index (χ0n) is 11.1. The van der Waals surface area contributed by atoms with Crippen molar-refractivity contribution in [1.82, 2.24) is 5.32 Å². The maximum atomic E-state index is 11.8. The Morgan fingerprint density at radius 1 is 1.42 bits per heavy atom. The number of carbonyl (C=O) groups is 1. The summed E-state index contributed by atoms with van der Waals surface area (Å²) in [5, 5.41) is 14.5. The van der Waals surface area contributed by atoms with Crippen LogP contribution in [0.5, 0.6) is 0 Å². The molecule has 1 fully saturated rings. The second kappa shape index (κ2) is 6.87. The number of hydrogen-bond donors (Lipinski definition) is 2. The van der Waals surface area contributed by atoms with Gasteiger partial charge in [0.15, 0.2) is 0 Å². The molecule has 1 saturated carbocycles. The van der Waals surface area contributed by atoms with Crippen molar-refractivity contribution in [3.8, 4) is 0 Å². The summed E-state index contributed by atoms with van der Waals surface area (Å²) in [4.78, 5) is 12.8. The number of aliphatic hydroxyl groups is 1. The quantitative estimate of drug-likeness (QED) is 0.814. The first-order valence-corrected chi connectivity index (χ1v) is 7.72. The second-order valence-corrected chi connectivity index (χ2v) is 6.26. The van der Waals surface area contributed by atoms with Crippen molar-refractivity contribution < 1.29 is 9.90 Å². The van der Waals surface area contributed by atoms with Crippen molar-refractivity contribution in [1.29, 1.82) is 0 Å². The predicted molar refractivity (Wildman–Crippen MR) is 79.0 cm³/mol. The van der Waals surface area contributed by atoms with Crippen molar-refractivity contribution >= 4 is 23.3 Å². The molecule has 4 heteroatoms. The molecule has 3 nitrogen and oxygen atoms in total. The fraction of sp³-hybridized carbons (Fsp3) is 0.533. The predicted octanol–water partition coefficient (Wildman–Crippen LogP) is 2.82. The fourth-order valence-electron chi connectivity index (χ4n) is 2.57. The van der Waals surface area contributed by atoms with E-state index in [-0.39, 0.29) is 17.9 Å². The summed E-state index contributed by atoms with van der Waals surface area (Å²) in [7, 11) is 0. The lowest BCUT2D eigenvalue weighted by Gasteiger charge is -2.35. The number of nitrogens with one attached hydrogen (secondary N) is 1. The molecule has 0 aromatic carbocycles. The van der Waals surface area contributed by atoms with E-state index in [1.54, 1.807) is 17.4 Å². The largest absolute Gasteiger partial charge is 0.396 e. The van der Waals surface area contributed by atoms with Crippen LogP contribution in [0, 0.1) is 5.41 Å². The van der Waals surface area contributed by atoms with Crippen LogP contribution in [-0.2, 0) is 4.79 Å². The molecule has 2 rings (SSSR count). The Kier molecular flexibility index (Phi) is 5.16. The summed E-state index contributed by atoms with van der Waals surface area (Å²) in [6.45, 7) is 0.749. The average molecular weight is 279 g/mol. The molecular formula is C15H21NO2S. The first-order valence-electron chi connectivity index (χ1n) is 6.84. The highest BCUT2D eigenvalue weighted by atomic mass is 32.1. The molecule has 1 aliphatic rings. The molecule has 0 unspecified atom stereocenters. The first kappa shape index (κ1) is 14.3. The lowest BCUT2D eigenvalue weighted by Crippen LogP contribution is -2.40. The SMILES string of the molecule is O=C(/C=C/c1cccs1)NCC1(CO)CCCCC1. The van der Waals surface area contributed by atoms with Gasteiger partial charge in [-0.05, 0) is 30.4 Å². The summed E-state index contributed by atoms with van der Waals surface area (Å²) in [6.07, 6.45) is 8.97. The highest BCUT2D eigenvalue weighted by molar-refractivity contribution is 7.10. The van der Waals surface area contributed by atoms with E-state index >= 15 is 0 Å². The lowest BCUT2D eigenvalue weighted by molar-refractivity contribution is -0.117. The van der Waals surface area contributed by atoms with Crippen LogP contribution in [0.2, 0.25) is 0 Å². The van der Waals surface area contributed by atoms with Crippen molar-refractivity contribution in [2.24, 2.45) is 5.41 Å². The van der Waals surface area contributed by atoms with Gasteiger partial charge in [0.05, 0.1) is 6.61 Å². The van der Waals surface area contributed by atoms with Gasteiger partial charge in [0.1, 0.15) is 0 Å². The number of rotatable bonds is 5. The van der Waals surface area contributed by atoms with Crippen LogP contribution in [0.3, 0.4) is 0 Å². The van der Waals surface area contributed by atoms with Crippen LogP contribution in [0.4, 0.5) is 0 Å². The van der Waals surface area contributed by atoms with Crippen LogP contribution in [0.1, 0.15) is 37.0 Å². The molecule has 0 spiro atoms. The standard InChI is InChI=1S/C15H21NO2S/c17-12-15(8-2-1-3-9-15)11-16-14(18)7-6-13-5-4-10-19-13/h4-7,10,17H,1-3,8-9,11-12H2,(H,16,18)/b7-6+. The molecule has 0 saturated heterocycles. The summed E-state index contributed by atoms with van der Waals surface area (Å²) in [6, 6.07) is 3.94. The Balaban J connectivity index is 1.82. The molecule has 0 radical (unpaired) electrons. The van der Waals surface area contributed by atoms with E-state index in [1.165, 1.54) is 6.42 Å². The monoisotopic (exact) mass is 279 g/mol. The van der Waals surface area contributed by atoms with Crippen LogP contribution in [0.15, 0.2) is 23.6 Å². The molecule has 2 N–H and O–H groups in total. The van der Waals surface area contributed by atoms with Gasteiger partial charge in [0.2, 0.25) is 5.91 Å². The maximum Gasteiger partial charge on any atom is 0.244 e. The summed E-state index contributed by atoms with van der Waals surface area (Å²) in [5.74, 6) is -0.0770. The molecule has 104 valence electrons. The molecule has 0 aliphatic heterocycles. The van der Waals surface area contributed by atoms with Crippen molar-refractivity contribution in [3.63, 3.8) is 0 Å². The highest BCUT2D eigenvalue weighted by Gasteiger charge is 2.31. The van der Waals surface area contributed by atoms with Gasteiger partial charge in [-0.2, -0.15) is 0 Å². The minimum Gasteiger partial charge on any atom is -0.396 e. The van der Waals surface area contributed by atoms with E-state index in [4.69, 9.17) is 0 Å². The van der Waals surface area contributed by atoms with E-state index in [0.29, 0.717) is 6.54 Å². The van der Waals surface area contributed by atoms with Crippen molar-refractivity contribution in [3.05, 3.63) is 28.5 Å². The van der Waals surface area contributed by atoms with E-state index in [9.17, 15) is 9.90 Å². The van der Waals surface area contributed by atoms with E-state index in [2.05, 4.69) is 5.32 Å². The second-order valence-electron chi connectivity index (χ2n) is 5.29. The Labute approximate surface area is 118 Å². The Morgan fingerprint density at radius 2 is 2.21 bits per heavy atom. The van der Waals surface area contributed by atoms with Gasteiger partial charge in [-0.25, -0.2) is 0 Å². The molecule has 1 aromatic rings. The third kappa shape index (κ3) is 4.18. The number of aliphatic hydroxyl groups excluding tert-OH is 1. The number of carbonyl (C=O) groups excluding carboxylic acids is 1. The van der Waals surface area contributed by atoms with Gasteiger partial charge >= 0.3 is 0 Å². The Bertz CT molecular complexity index is 419. The molecule has 1 aromatic heterocycles. The van der Waals surface area contributed by atoms with E-state index < -0.39 is 0 Å². The molecule has 1 amide bonds. The summed E-state index contributed by atoms with van der Waals surface area (Å²) < 4.78 is 0. The Hall–Kier alpha value is -1.13. The molecule has 0 atom stereocenters. The van der Waals surface area contributed by atoms with Crippen molar-refractivity contribution in [2.75, 3.05) is 13.2 Å². The summed E-state index contributed by atoms with van der Waals surface area (Å²) >= 11 is 1.61. The molecule has 1 heterocycles. The third-order valence-electron chi connectivity index (χ3n) is 3.83. The van der Waals surface area contributed by atoms with Crippen LogP contribution >= 0.6 is 11.3 Å². The van der Waals surface area contributed by atoms with Crippen LogP contribution < -0.4 is 5.32 Å². The zero-order valence-corrected chi connectivity index (χ0v) is 11.9. The molecular weight excluding hydrogens is 258 g/mol. The highest BCUT2D eigenvalue weighted by Crippen LogP contribution is 2.35. The van der Waals surface area contributed by atoms with Gasteiger partial charge in [0.25, 0.3) is 0 Å². The zero-order chi connectivity index (χ0) is 13.6. The lowest BCUT2D eigenvalue weighted by atomic mass is 9.74. The maximum absolute atomic E-state index is 11.8. The molecule has 0 bridgehead atoms. The van der Waals surface area contributed by atoms with E-state index in [1.807, 2.05) is 23.6 Å². The smallest absolute Gasteiger partial charge is 0.244 e. The third-order valence-corrected chi connectivity index (χ3v) is 4.67. The van der Waals surface area contributed by atoms with Gasteiger partial charge in [-0.15, -0.1) is 11.3 Å². The minimum absolute atomic E-state index is 0.0770. The van der Waals surface area contributed by atoms with Crippen LogP contribution in [-0.4, -0.2) is 24.2 Å². The van der Waals surface area contributed by atoms with Crippen molar-refractivity contribution in [2.45, 2.75) is 32.1 Å². The number of thiophene rings is 1. The molecule has 19 heavy (non-hydrogen) atoms. The van der Waals surface area contributed by atoms with Crippen LogP contribution in [0.25, 0.3) is 6.08 Å². The summed E-state index contributed by atoms with van der Waals surface area (Å²) in [5.41, 5.74) is -0.0926. The molecule has 1 aliphatic carbocycles.